The van der Waals surface area contributed by atoms with E-state index < -0.39 is 0 Å². The van der Waals surface area contributed by atoms with E-state index in [1.54, 1.807) is 12.1 Å². The Bertz CT molecular complexity index is 749. The molecule has 1 aliphatic heterocycles. The molecule has 8 heteroatoms. The number of aliphatic imine (C=N–C) groups is 1. The number of guanidine groups is 1. The molecule has 1 aromatic carbocycles. The van der Waals surface area contributed by atoms with Crippen LogP contribution in [0.5, 0.6) is 5.75 Å². The van der Waals surface area contributed by atoms with Crippen LogP contribution in [0.2, 0.25) is 0 Å². The highest BCUT2D eigenvalue weighted by molar-refractivity contribution is 14.0. The van der Waals surface area contributed by atoms with Crippen LogP contribution in [0.1, 0.15) is 30.7 Å². The zero-order valence-corrected chi connectivity index (χ0v) is 18.8. The minimum absolute atomic E-state index is 0. The SMILES string of the molecule is CN=C(NCCCCOc1ccc(F)cc1)N1CCC(c2cnn(C)c2)C1.I. The van der Waals surface area contributed by atoms with Crippen molar-refractivity contribution in [1.82, 2.24) is 20.0 Å². The van der Waals surface area contributed by atoms with Crippen LogP contribution in [-0.4, -0.2) is 53.9 Å². The molecule has 1 fully saturated rings. The Balaban J connectivity index is 0.00000280. The second-order valence-electron chi connectivity index (χ2n) is 6.86. The number of nitrogens with zero attached hydrogens (tertiary/aromatic N) is 4. The average molecular weight is 501 g/mol. The summed E-state index contributed by atoms with van der Waals surface area (Å²) in [7, 11) is 3.79. The number of aryl methyl sites for hydroxylation is 1. The van der Waals surface area contributed by atoms with Crippen molar-refractivity contribution in [1.29, 1.82) is 0 Å². The van der Waals surface area contributed by atoms with Gasteiger partial charge in [0.15, 0.2) is 5.96 Å². The molecule has 2 heterocycles. The smallest absolute Gasteiger partial charge is 0.193 e. The average Bonchev–Trinajstić information content (AvgIpc) is 3.32. The molecule has 0 aliphatic carbocycles. The summed E-state index contributed by atoms with van der Waals surface area (Å²) in [5.41, 5.74) is 1.30. The first-order chi connectivity index (χ1) is 13.2. The second kappa shape index (κ2) is 11.2. The highest BCUT2D eigenvalue weighted by Gasteiger charge is 2.26. The van der Waals surface area contributed by atoms with E-state index in [1.165, 1.54) is 17.7 Å². The van der Waals surface area contributed by atoms with Gasteiger partial charge in [0.05, 0.1) is 12.8 Å². The molecule has 1 N–H and O–H groups in total. The molecule has 0 spiro atoms. The first-order valence-corrected chi connectivity index (χ1v) is 9.48. The van der Waals surface area contributed by atoms with Crippen molar-refractivity contribution in [2.45, 2.75) is 25.2 Å². The van der Waals surface area contributed by atoms with Gasteiger partial charge >= 0.3 is 0 Å². The normalized spacial score (nSPS) is 16.8. The number of nitrogens with one attached hydrogen (secondary N) is 1. The molecule has 0 bridgehead atoms. The van der Waals surface area contributed by atoms with E-state index in [2.05, 4.69) is 26.5 Å². The van der Waals surface area contributed by atoms with Crippen molar-refractivity contribution in [2.24, 2.45) is 12.0 Å². The number of rotatable bonds is 7. The minimum atomic E-state index is -0.245. The van der Waals surface area contributed by atoms with Crippen LogP contribution in [0.4, 0.5) is 4.39 Å². The second-order valence-corrected chi connectivity index (χ2v) is 6.86. The van der Waals surface area contributed by atoms with Crippen LogP contribution >= 0.6 is 24.0 Å². The molecule has 3 rings (SSSR count). The Labute approximate surface area is 183 Å². The van der Waals surface area contributed by atoms with Gasteiger partial charge in [-0.15, -0.1) is 24.0 Å². The molecule has 154 valence electrons. The number of aromatic nitrogens is 2. The van der Waals surface area contributed by atoms with Gasteiger partial charge in [-0.2, -0.15) is 5.10 Å². The zero-order chi connectivity index (χ0) is 19.1. The van der Waals surface area contributed by atoms with Gasteiger partial charge in [-0.1, -0.05) is 0 Å². The standard InChI is InChI=1S/C20H28FN5O.HI/c1-22-20(26-11-9-16(15-26)17-13-24-25(2)14-17)23-10-3-4-12-27-19-7-5-18(21)6-8-19;/h5-8,13-14,16H,3-4,9-12,15H2,1-2H3,(H,22,23);1H. The summed E-state index contributed by atoms with van der Waals surface area (Å²) >= 11 is 0. The van der Waals surface area contributed by atoms with E-state index in [0.29, 0.717) is 18.3 Å². The molecule has 1 aromatic heterocycles. The van der Waals surface area contributed by atoms with Crippen LogP contribution in [0.15, 0.2) is 41.7 Å². The summed E-state index contributed by atoms with van der Waals surface area (Å²) in [6.45, 7) is 3.46. The number of ether oxygens (including phenoxy) is 1. The van der Waals surface area contributed by atoms with Gasteiger partial charge in [0, 0.05) is 45.8 Å². The van der Waals surface area contributed by atoms with Gasteiger partial charge in [0.1, 0.15) is 11.6 Å². The largest absolute Gasteiger partial charge is 0.494 e. The molecule has 1 saturated heterocycles. The summed E-state index contributed by atoms with van der Waals surface area (Å²) < 4.78 is 20.3. The Hall–Kier alpha value is -1.84. The maximum absolute atomic E-state index is 12.9. The molecule has 0 amide bonds. The van der Waals surface area contributed by atoms with Crippen LogP contribution < -0.4 is 10.1 Å². The number of likely N-dealkylation sites (tertiary alicyclic amines) is 1. The van der Waals surface area contributed by atoms with Gasteiger partial charge < -0.3 is 15.0 Å². The summed E-state index contributed by atoms with van der Waals surface area (Å²) in [6.07, 6.45) is 7.11. The highest BCUT2D eigenvalue weighted by atomic mass is 127. The van der Waals surface area contributed by atoms with Gasteiger partial charge in [0.25, 0.3) is 0 Å². The lowest BCUT2D eigenvalue weighted by Gasteiger charge is -2.21. The molecule has 28 heavy (non-hydrogen) atoms. The number of halogens is 2. The third kappa shape index (κ3) is 6.35. The van der Waals surface area contributed by atoms with Gasteiger partial charge in [0.2, 0.25) is 0 Å². The van der Waals surface area contributed by atoms with Crippen molar-refractivity contribution in [3.8, 4) is 5.75 Å². The third-order valence-electron chi connectivity index (χ3n) is 4.83. The maximum Gasteiger partial charge on any atom is 0.193 e. The molecule has 1 unspecified atom stereocenters. The minimum Gasteiger partial charge on any atom is -0.494 e. The fraction of sp³-hybridized carbons (Fsp3) is 0.500. The summed E-state index contributed by atoms with van der Waals surface area (Å²) in [4.78, 5) is 6.73. The molecule has 1 aliphatic rings. The highest BCUT2D eigenvalue weighted by Crippen LogP contribution is 2.26. The number of unbranched alkanes of at least 4 members (excludes halogenated alkanes) is 1. The van der Waals surface area contributed by atoms with Gasteiger partial charge in [-0.25, -0.2) is 4.39 Å². The first kappa shape index (κ1) is 22.4. The van der Waals surface area contributed by atoms with Crippen LogP contribution in [-0.2, 0) is 7.05 Å². The molecular formula is C20H29FIN5O. The van der Waals surface area contributed by atoms with Crippen molar-refractivity contribution < 1.29 is 9.13 Å². The number of benzene rings is 1. The quantitative estimate of drug-likeness (QED) is 0.274. The lowest BCUT2D eigenvalue weighted by molar-refractivity contribution is 0.306. The van der Waals surface area contributed by atoms with E-state index in [4.69, 9.17) is 4.74 Å². The van der Waals surface area contributed by atoms with Crippen molar-refractivity contribution >= 4 is 29.9 Å². The molecular weight excluding hydrogens is 472 g/mol. The number of hydrogen-bond donors (Lipinski definition) is 1. The van der Waals surface area contributed by atoms with E-state index >= 15 is 0 Å². The first-order valence-electron chi connectivity index (χ1n) is 9.48. The lowest BCUT2D eigenvalue weighted by Crippen LogP contribution is -2.40. The van der Waals surface area contributed by atoms with Crippen LogP contribution in [0, 0.1) is 5.82 Å². The topological polar surface area (TPSA) is 54.7 Å². The van der Waals surface area contributed by atoms with E-state index in [1.807, 2.05) is 25.0 Å². The van der Waals surface area contributed by atoms with Crippen molar-refractivity contribution in [2.75, 3.05) is 33.3 Å². The van der Waals surface area contributed by atoms with E-state index in [0.717, 1.165) is 44.9 Å². The Kier molecular flexibility index (Phi) is 9.01. The Morgan fingerprint density at radius 1 is 1.32 bits per heavy atom. The zero-order valence-electron chi connectivity index (χ0n) is 16.5. The molecule has 0 saturated carbocycles. The fourth-order valence-electron chi connectivity index (χ4n) is 3.36. The van der Waals surface area contributed by atoms with Crippen LogP contribution in [0.25, 0.3) is 0 Å². The van der Waals surface area contributed by atoms with Crippen molar-refractivity contribution in [3.05, 3.63) is 48.0 Å². The Morgan fingerprint density at radius 3 is 2.79 bits per heavy atom. The summed E-state index contributed by atoms with van der Waals surface area (Å²) in [6, 6.07) is 6.13. The van der Waals surface area contributed by atoms with Crippen molar-refractivity contribution in [3.63, 3.8) is 0 Å². The Morgan fingerprint density at radius 2 is 2.11 bits per heavy atom. The van der Waals surface area contributed by atoms with Gasteiger partial charge in [-0.3, -0.25) is 9.67 Å². The maximum atomic E-state index is 12.9. The summed E-state index contributed by atoms with van der Waals surface area (Å²) in [5, 5.41) is 7.72. The molecule has 1 atom stereocenters. The lowest BCUT2D eigenvalue weighted by atomic mass is 10.0. The molecule has 6 nitrogen and oxygen atoms in total. The summed E-state index contributed by atoms with van der Waals surface area (Å²) in [5.74, 6) is 1.94. The fourth-order valence-corrected chi connectivity index (χ4v) is 3.36. The van der Waals surface area contributed by atoms with E-state index in [9.17, 15) is 4.39 Å². The van der Waals surface area contributed by atoms with Crippen LogP contribution in [0.3, 0.4) is 0 Å². The predicted octanol–water partition coefficient (Wildman–Crippen LogP) is 3.40. The van der Waals surface area contributed by atoms with Gasteiger partial charge in [-0.05, 0) is 49.1 Å². The number of hydrogen-bond acceptors (Lipinski definition) is 3. The molecule has 0 radical (unpaired) electrons. The van der Waals surface area contributed by atoms with E-state index in [-0.39, 0.29) is 29.8 Å². The predicted molar refractivity (Wildman–Crippen MR) is 120 cm³/mol. The monoisotopic (exact) mass is 501 g/mol. The third-order valence-corrected chi connectivity index (χ3v) is 4.83. The molecule has 2 aromatic rings.